The van der Waals surface area contributed by atoms with Crippen molar-refractivity contribution in [1.82, 2.24) is 30.7 Å². The molecule has 11 heteroatoms. The first kappa shape index (κ1) is 33.1. The van der Waals surface area contributed by atoms with Gasteiger partial charge in [-0.05, 0) is 82.7 Å². The van der Waals surface area contributed by atoms with Crippen LogP contribution in [0, 0.1) is 29.6 Å². The van der Waals surface area contributed by atoms with Gasteiger partial charge in [-0.1, -0.05) is 27.4 Å². The van der Waals surface area contributed by atoms with E-state index in [2.05, 4.69) is 66.9 Å². The van der Waals surface area contributed by atoms with Crippen LogP contribution in [-0.2, 0) is 9.53 Å². The summed E-state index contributed by atoms with van der Waals surface area (Å²) in [6, 6.07) is -0.343. The fraction of sp³-hybridized carbons (Fsp3) is 0.882. The number of urea groups is 1. The lowest BCUT2D eigenvalue weighted by atomic mass is 9.69. The molecule has 12 unspecified atom stereocenters. The van der Waals surface area contributed by atoms with Crippen molar-refractivity contribution in [2.45, 2.75) is 134 Å². The maximum Gasteiger partial charge on any atom is 0.320 e. The van der Waals surface area contributed by atoms with Gasteiger partial charge in [0.2, 0.25) is 5.91 Å². The highest BCUT2D eigenvalue weighted by molar-refractivity contribution is 5.87. The van der Waals surface area contributed by atoms with Gasteiger partial charge in [0.05, 0.1) is 24.5 Å². The number of nitrogens with zero attached hydrogens (tertiary/aromatic N) is 3. The number of hydrogen-bond acceptors (Lipinski definition) is 6. The van der Waals surface area contributed by atoms with Crippen LogP contribution in [0.15, 0.2) is 12.7 Å². The molecule has 254 valence electrons. The number of hydrogen-bond donors (Lipinski definition) is 3. The molecular formula is C34H56F2N6O3. The summed E-state index contributed by atoms with van der Waals surface area (Å²) in [5.74, 6) is -0.0334. The van der Waals surface area contributed by atoms with E-state index >= 15 is 8.78 Å². The number of piperidine rings is 2. The van der Waals surface area contributed by atoms with E-state index in [9.17, 15) is 9.59 Å². The van der Waals surface area contributed by atoms with Gasteiger partial charge in [0.15, 0.2) is 0 Å². The minimum absolute atomic E-state index is 0.0192. The summed E-state index contributed by atoms with van der Waals surface area (Å²) in [4.78, 5) is 33.5. The summed E-state index contributed by atoms with van der Waals surface area (Å²) < 4.78 is 37.8. The van der Waals surface area contributed by atoms with Crippen molar-refractivity contribution in [3.8, 4) is 0 Å². The second kappa shape index (κ2) is 13.4. The Morgan fingerprint density at radius 3 is 2.53 bits per heavy atom. The molecule has 6 rings (SSSR count). The van der Waals surface area contributed by atoms with Crippen LogP contribution in [-0.4, -0.2) is 114 Å². The first-order valence-corrected chi connectivity index (χ1v) is 17.7. The highest BCUT2D eigenvalue weighted by atomic mass is 19.1. The van der Waals surface area contributed by atoms with Crippen LogP contribution in [0.5, 0.6) is 0 Å². The molecule has 3 N–H and O–H groups in total. The standard InChI is InChI=1S/C34H56F2N6O3/c1-7-26(43)40-16-21(6)41(17-20(40)5)32-23-15-19(4)29-27-24(35)10-11-25(36)31(27)45-14-8-9-22-12-13-37-28(18(2)3)30(22)42(33(23)38-29)34(44)39-32/h7,18-25,27-33,37-38H,1,8-17H2,2-6H3,(H,39,44)/t19?,20-,21+,22?,23?,24?,25?,27?,28?,29?,30?,31?,32?,33?/m1/s1. The maximum atomic E-state index is 15.9. The van der Waals surface area contributed by atoms with Gasteiger partial charge in [0.1, 0.15) is 12.3 Å². The SMILES string of the molecule is C=CC(=O)N1C[C@H](C)N(C2NC(=O)N3C4NC(C(C)CC42)C2C(F)CCC(F)C2OCCCC2CCNC(C(C)C)C23)C[C@H]1C. The zero-order valence-corrected chi connectivity index (χ0v) is 27.8. The van der Waals surface area contributed by atoms with E-state index in [0.29, 0.717) is 25.6 Å². The van der Waals surface area contributed by atoms with Crippen molar-refractivity contribution in [2.75, 3.05) is 26.2 Å². The Labute approximate surface area is 268 Å². The number of rotatable bonds is 3. The van der Waals surface area contributed by atoms with E-state index in [1.807, 2.05) is 4.90 Å². The van der Waals surface area contributed by atoms with E-state index in [0.717, 1.165) is 32.2 Å². The fourth-order valence-corrected chi connectivity index (χ4v) is 10.0. The van der Waals surface area contributed by atoms with Crippen LogP contribution in [0.3, 0.4) is 0 Å². The summed E-state index contributed by atoms with van der Waals surface area (Å²) in [6.45, 7) is 16.9. The van der Waals surface area contributed by atoms with Gasteiger partial charge in [-0.2, -0.15) is 0 Å². The molecular weight excluding hydrogens is 578 g/mol. The van der Waals surface area contributed by atoms with Crippen LogP contribution in [0.2, 0.25) is 0 Å². The highest BCUT2D eigenvalue weighted by Gasteiger charge is 2.57. The summed E-state index contributed by atoms with van der Waals surface area (Å²) in [6.07, 6.45) is 1.41. The molecule has 6 fully saturated rings. The van der Waals surface area contributed by atoms with Gasteiger partial charge in [0.25, 0.3) is 0 Å². The maximum absolute atomic E-state index is 15.9. The van der Waals surface area contributed by atoms with Crippen LogP contribution in [0.1, 0.15) is 73.1 Å². The molecule has 5 saturated heterocycles. The molecule has 14 atom stereocenters. The number of carbonyl (C=O) groups is 2. The van der Waals surface area contributed by atoms with E-state index in [4.69, 9.17) is 4.74 Å². The third-order valence-electron chi connectivity index (χ3n) is 12.2. The van der Waals surface area contributed by atoms with Gasteiger partial charge < -0.3 is 25.2 Å². The number of amides is 3. The van der Waals surface area contributed by atoms with Crippen molar-refractivity contribution in [3.05, 3.63) is 12.7 Å². The van der Waals surface area contributed by atoms with Gasteiger partial charge in [-0.3, -0.25) is 15.0 Å². The summed E-state index contributed by atoms with van der Waals surface area (Å²) in [7, 11) is 0. The molecule has 0 aromatic carbocycles. The Morgan fingerprint density at radius 1 is 1.04 bits per heavy atom. The van der Waals surface area contributed by atoms with Gasteiger partial charge in [0, 0.05) is 55.7 Å². The van der Waals surface area contributed by atoms with Gasteiger partial charge in [-0.15, -0.1) is 0 Å². The van der Waals surface area contributed by atoms with Crippen LogP contribution in [0.25, 0.3) is 0 Å². The lowest BCUT2D eigenvalue weighted by molar-refractivity contribution is -0.141. The van der Waals surface area contributed by atoms with Crippen molar-refractivity contribution in [3.63, 3.8) is 0 Å². The normalized spacial score (nSPS) is 46.3. The van der Waals surface area contributed by atoms with Gasteiger partial charge in [-0.25, -0.2) is 13.6 Å². The largest absolute Gasteiger partial charge is 0.375 e. The van der Waals surface area contributed by atoms with Crippen LogP contribution < -0.4 is 16.0 Å². The van der Waals surface area contributed by atoms with Crippen LogP contribution >= 0.6 is 0 Å². The van der Waals surface area contributed by atoms with Crippen molar-refractivity contribution in [1.29, 1.82) is 0 Å². The topological polar surface area (TPSA) is 89.2 Å². The highest BCUT2D eigenvalue weighted by Crippen LogP contribution is 2.45. The lowest BCUT2D eigenvalue weighted by Crippen LogP contribution is -2.80. The Balaban J connectivity index is 1.39. The first-order valence-electron chi connectivity index (χ1n) is 17.7. The zero-order chi connectivity index (χ0) is 32.2. The number of halogens is 2. The van der Waals surface area contributed by atoms with Crippen molar-refractivity contribution in [2.24, 2.45) is 29.6 Å². The molecule has 2 bridgehead atoms. The molecule has 1 aliphatic carbocycles. The molecule has 5 aliphatic heterocycles. The minimum Gasteiger partial charge on any atom is -0.375 e. The molecule has 9 nitrogen and oxygen atoms in total. The Morgan fingerprint density at radius 2 is 1.80 bits per heavy atom. The van der Waals surface area contributed by atoms with Gasteiger partial charge >= 0.3 is 6.03 Å². The molecule has 1 saturated carbocycles. The summed E-state index contributed by atoms with van der Waals surface area (Å²) in [5.41, 5.74) is 0. The lowest BCUT2D eigenvalue weighted by Gasteiger charge is -2.61. The number of piperazine rings is 1. The average Bonchev–Trinajstić information content (AvgIpc) is 3.00. The molecule has 5 heterocycles. The van der Waals surface area contributed by atoms with Crippen LogP contribution in [0.4, 0.5) is 13.6 Å². The number of alkyl halides is 2. The van der Waals surface area contributed by atoms with E-state index in [1.165, 1.54) is 6.08 Å². The predicted molar refractivity (Wildman–Crippen MR) is 170 cm³/mol. The third kappa shape index (κ3) is 6.04. The predicted octanol–water partition coefficient (Wildman–Crippen LogP) is 3.65. The van der Waals surface area contributed by atoms with E-state index in [-0.39, 0.29) is 85.1 Å². The summed E-state index contributed by atoms with van der Waals surface area (Å²) in [5, 5.41) is 11.1. The van der Waals surface area contributed by atoms with E-state index in [1.54, 1.807) is 0 Å². The molecule has 0 spiro atoms. The Bertz CT molecular complexity index is 1100. The number of carbonyl (C=O) groups excluding carboxylic acids is 2. The molecule has 0 aromatic rings. The second-order valence-electron chi connectivity index (χ2n) is 15.3. The van der Waals surface area contributed by atoms with Crippen molar-refractivity contribution >= 4 is 11.9 Å². The average molecular weight is 635 g/mol. The smallest absolute Gasteiger partial charge is 0.320 e. The third-order valence-corrected chi connectivity index (χ3v) is 12.2. The summed E-state index contributed by atoms with van der Waals surface area (Å²) >= 11 is 0. The minimum atomic E-state index is -1.19. The van der Waals surface area contributed by atoms with Crippen molar-refractivity contribution < 1.29 is 23.1 Å². The molecule has 3 amide bonds. The first-order chi connectivity index (χ1) is 21.5. The molecule has 6 aliphatic rings. The second-order valence-corrected chi connectivity index (χ2v) is 15.3. The number of nitrogens with one attached hydrogen (secondary N) is 3. The monoisotopic (exact) mass is 634 g/mol. The molecule has 0 radical (unpaired) electrons. The molecule has 45 heavy (non-hydrogen) atoms. The Hall–Kier alpha value is -1.82. The quantitative estimate of drug-likeness (QED) is 0.411. The van der Waals surface area contributed by atoms with E-state index < -0.39 is 24.4 Å². The Kier molecular flexibility index (Phi) is 9.82. The number of ether oxygens (including phenoxy) is 1. The fourth-order valence-electron chi connectivity index (χ4n) is 10.0. The zero-order valence-electron chi connectivity index (χ0n) is 27.8. The molecule has 0 aromatic heterocycles. The number of fused-ring (bicyclic) bond motifs is 5.